The van der Waals surface area contributed by atoms with Gasteiger partial charge in [0.25, 0.3) is 11.8 Å². The van der Waals surface area contributed by atoms with Gasteiger partial charge in [-0.2, -0.15) is 0 Å². The van der Waals surface area contributed by atoms with Gasteiger partial charge in [0.15, 0.2) is 0 Å². The van der Waals surface area contributed by atoms with Gasteiger partial charge in [-0.25, -0.2) is 8.78 Å². The van der Waals surface area contributed by atoms with Crippen molar-refractivity contribution < 1.29 is 32.7 Å². The van der Waals surface area contributed by atoms with E-state index in [9.17, 15) is 28.0 Å². The maximum absolute atomic E-state index is 14.6. The third kappa shape index (κ3) is 46.5. The number of rotatable bonds is 25. The van der Waals surface area contributed by atoms with Gasteiger partial charge in [-0.05, 0) is 134 Å². The zero-order chi connectivity index (χ0) is 69.1. The summed E-state index contributed by atoms with van der Waals surface area (Å²) in [5.74, 6) is -2.94. The number of halogens is 2. The molecular formula is C72H123F2N7O5. The molecule has 0 saturated heterocycles. The summed E-state index contributed by atoms with van der Waals surface area (Å²) >= 11 is 0. The van der Waals surface area contributed by atoms with Crippen LogP contribution in [0.1, 0.15) is 213 Å². The molecule has 0 spiro atoms. The molecule has 14 heteroatoms. The minimum absolute atomic E-state index is 0.0343. The van der Waals surface area contributed by atoms with E-state index in [1.165, 1.54) is 49.1 Å². The average Bonchev–Trinajstić information content (AvgIpc) is 3.52. The fourth-order valence-electron chi connectivity index (χ4n) is 6.45. The first-order chi connectivity index (χ1) is 40.1. The van der Waals surface area contributed by atoms with Crippen LogP contribution in [-0.4, -0.2) is 61.1 Å². The van der Waals surface area contributed by atoms with E-state index in [1.807, 2.05) is 103 Å². The number of aliphatic imine (C=N–C) groups is 1. The van der Waals surface area contributed by atoms with Crippen LogP contribution in [0, 0.1) is 28.9 Å². The Morgan fingerprint density at radius 3 is 1.73 bits per heavy atom. The number of aldehydes is 1. The van der Waals surface area contributed by atoms with Crippen molar-refractivity contribution in [2.75, 3.05) is 18.9 Å². The number of unbranched alkanes of at least 4 members (excludes halogenated alkanes) is 1. The second-order valence-electron chi connectivity index (χ2n) is 21.8. The van der Waals surface area contributed by atoms with Gasteiger partial charge in [0.2, 0.25) is 5.91 Å². The van der Waals surface area contributed by atoms with Crippen molar-refractivity contribution in [3.05, 3.63) is 169 Å². The Kier molecular flexibility index (Phi) is 58.0. The van der Waals surface area contributed by atoms with Crippen molar-refractivity contribution in [2.45, 2.75) is 216 Å². The quantitative estimate of drug-likeness (QED) is 0.0187. The number of amides is 3. The first-order valence-corrected chi connectivity index (χ1v) is 30.1. The standard InChI is InChI=1S/C35H48F2N4O5.C21H32N2.C4H10.C3H6.3C2H6.C2H4.CH5N/c1-21(2)22(3)14-13-15-23(4)39-32(45)25-16-28(27(37)17-26(25)36)40-31(44)24(5)38-20-35(11,12)46-34(9,10)18-30(43)41-29(19-42)33(6,7)8;1-7-9-10-16(3)18(5)23-15-20-11-13-21(14-12-20)17(4)19(6)22-8-2;1-4(2)3;1-3-2;5*1-2/h13-17,19,29,38H,1,4-5,18,20H2,2-3,6-12H3,(H,39,45)(H,40,44)(H,41,43);8,11-14,16,23H,5,7,9-10,15H2,1-4,6H3;4H,1-3H3;3H,1H2,2H3;3*1-2H3;1-2H2;2H2,1H3/b15-13-,22-14+;19-17+,22-8?;;;;;;;. The molecule has 0 aliphatic carbocycles. The second-order valence-corrected chi connectivity index (χ2v) is 21.8. The maximum Gasteiger partial charge on any atom is 0.271 e. The van der Waals surface area contributed by atoms with Crippen LogP contribution < -0.4 is 32.3 Å². The van der Waals surface area contributed by atoms with E-state index in [2.05, 4.69) is 149 Å². The van der Waals surface area contributed by atoms with Crippen LogP contribution in [0.4, 0.5) is 14.5 Å². The Labute approximate surface area is 524 Å². The minimum atomic E-state index is -1.13. The van der Waals surface area contributed by atoms with Gasteiger partial charge in [-0.3, -0.25) is 19.4 Å². The summed E-state index contributed by atoms with van der Waals surface area (Å²) < 4.78 is 35.2. The minimum Gasteiger partial charge on any atom is -0.385 e. The van der Waals surface area contributed by atoms with Gasteiger partial charge < -0.3 is 41.8 Å². The SMILES string of the molecule is C=C.C=C(/C=C\C=C(/C)C(=C)C)NC(=O)c1cc(NC(=O)C(=C)NCC(C)(C)OC(C)(C)CC(=O)NC(C=O)C(C)(C)C)c(F)cc1F.C=C(NCc1ccc(/C(C)=C(\C)N=CC)cc1)C(C)CCCC.C=CC.CC.CC.CC.CC(C)C.CN. The van der Waals surface area contributed by atoms with E-state index in [0.717, 1.165) is 41.1 Å². The predicted octanol–water partition coefficient (Wildman–Crippen LogP) is 18.3. The molecule has 0 aliphatic rings. The van der Waals surface area contributed by atoms with Gasteiger partial charge in [0.05, 0.1) is 40.6 Å². The van der Waals surface area contributed by atoms with Crippen molar-refractivity contribution in [3.63, 3.8) is 0 Å². The molecule has 86 heavy (non-hydrogen) atoms. The van der Waals surface area contributed by atoms with Gasteiger partial charge in [0.1, 0.15) is 17.9 Å². The number of anilines is 1. The van der Waals surface area contributed by atoms with Crippen LogP contribution in [0.3, 0.4) is 0 Å². The number of nitrogens with zero attached hydrogens (tertiary/aromatic N) is 1. The molecule has 2 aromatic rings. The van der Waals surface area contributed by atoms with E-state index in [1.54, 1.807) is 45.9 Å². The maximum atomic E-state index is 14.6. The van der Waals surface area contributed by atoms with Crippen LogP contribution in [0.25, 0.3) is 5.57 Å². The molecule has 2 aromatic carbocycles. The van der Waals surface area contributed by atoms with E-state index < -0.39 is 57.4 Å². The summed E-state index contributed by atoms with van der Waals surface area (Å²) in [7, 11) is 1.50. The van der Waals surface area contributed by atoms with Crippen molar-refractivity contribution in [1.29, 1.82) is 0 Å². The smallest absolute Gasteiger partial charge is 0.271 e. The Hall–Kier alpha value is -6.77. The summed E-state index contributed by atoms with van der Waals surface area (Å²) in [6, 6.07) is 9.41. The molecule has 2 atom stereocenters. The zero-order valence-electron chi connectivity index (χ0n) is 58.7. The molecule has 0 aromatic heterocycles. The van der Waals surface area contributed by atoms with E-state index in [0.29, 0.717) is 18.3 Å². The average molecular weight is 1200 g/mol. The first kappa shape index (κ1) is 92.9. The summed E-state index contributed by atoms with van der Waals surface area (Å²) in [6.07, 6.45) is 12.9. The number of benzene rings is 2. The van der Waals surface area contributed by atoms with Crippen molar-refractivity contribution in [3.8, 4) is 0 Å². The molecule has 12 nitrogen and oxygen atoms in total. The largest absolute Gasteiger partial charge is 0.385 e. The third-order valence-corrected chi connectivity index (χ3v) is 11.0. The van der Waals surface area contributed by atoms with Crippen molar-refractivity contribution in [1.82, 2.24) is 21.3 Å². The molecule has 0 aliphatic heterocycles. The molecule has 0 bridgehead atoms. The van der Waals surface area contributed by atoms with Crippen LogP contribution >= 0.6 is 0 Å². The topological polar surface area (TPSA) is 176 Å². The van der Waals surface area contributed by atoms with E-state index in [-0.39, 0.29) is 30.3 Å². The van der Waals surface area contributed by atoms with Crippen LogP contribution in [0.5, 0.6) is 0 Å². The number of hydrogen-bond acceptors (Lipinski definition) is 9. The number of hydrogen-bond donors (Lipinski definition) is 6. The highest BCUT2D eigenvalue weighted by atomic mass is 19.1. The molecule has 2 rings (SSSR count). The number of carbonyl (C=O) groups is 4. The highest BCUT2D eigenvalue weighted by Crippen LogP contribution is 2.26. The molecule has 2 unspecified atom stereocenters. The number of carbonyl (C=O) groups excluding carboxylic acids is 4. The molecule has 0 saturated carbocycles. The Morgan fingerprint density at radius 2 is 1.29 bits per heavy atom. The molecule has 0 fully saturated rings. The lowest BCUT2D eigenvalue weighted by Gasteiger charge is -2.37. The highest BCUT2D eigenvalue weighted by Gasteiger charge is 2.34. The molecule has 3 amide bonds. The zero-order valence-corrected chi connectivity index (χ0v) is 58.7. The van der Waals surface area contributed by atoms with Crippen LogP contribution in [0.2, 0.25) is 0 Å². The lowest BCUT2D eigenvalue weighted by molar-refractivity contribution is -0.144. The molecule has 0 heterocycles. The monoisotopic (exact) mass is 1200 g/mol. The third-order valence-electron chi connectivity index (χ3n) is 11.0. The lowest BCUT2D eigenvalue weighted by Crippen LogP contribution is -2.49. The van der Waals surface area contributed by atoms with Crippen LogP contribution in [-0.2, 0) is 25.7 Å². The first-order valence-electron chi connectivity index (χ1n) is 30.1. The fraction of sp³-hybridized carbons (Fsp3) is 0.514. The lowest BCUT2D eigenvalue weighted by atomic mass is 9.87. The predicted molar refractivity (Wildman–Crippen MR) is 373 cm³/mol. The van der Waals surface area contributed by atoms with Gasteiger partial charge >= 0.3 is 0 Å². The van der Waals surface area contributed by atoms with E-state index in [4.69, 9.17) is 4.74 Å². The molecule has 490 valence electrons. The Bertz CT molecular complexity index is 2400. The number of allylic oxidation sites excluding steroid dienone is 9. The molecule has 0 radical (unpaired) electrons. The molecular weight excluding hydrogens is 1080 g/mol. The summed E-state index contributed by atoms with van der Waals surface area (Å²) in [5.41, 5.74) is 8.97. The van der Waals surface area contributed by atoms with Gasteiger partial charge in [0, 0.05) is 42.5 Å². The fourth-order valence-corrected chi connectivity index (χ4v) is 6.45. The normalized spacial score (nSPS) is 11.6. The molecule has 7 N–H and O–H groups in total. The summed E-state index contributed by atoms with van der Waals surface area (Å²) in [6.45, 7) is 72.8. The van der Waals surface area contributed by atoms with Crippen LogP contribution in [0.15, 0.2) is 146 Å². The highest BCUT2D eigenvalue weighted by molar-refractivity contribution is 6.04. The Morgan fingerprint density at radius 1 is 0.791 bits per heavy atom. The number of ether oxygens (including phenoxy) is 1. The van der Waals surface area contributed by atoms with E-state index >= 15 is 0 Å². The Balaban J connectivity index is -0.000000258. The summed E-state index contributed by atoms with van der Waals surface area (Å²) in [5, 5.41) is 13.7. The second kappa shape index (κ2) is 53.7. The van der Waals surface area contributed by atoms with Gasteiger partial charge in [-0.1, -0.05) is 184 Å². The van der Waals surface area contributed by atoms with Gasteiger partial charge in [-0.15, -0.1) is 19.7 Å². The number of nitrogens with two attached hydrogens (primary N) is 1. The van der Waals surface area contributed by atoms with Crippen molar-refractivity contribution >= 4 is 41.5 Å². The summed E-state index contributed by atoms with van der Waals surface area (Å²) in [4.78, 5) is 53.9. The number of nitrogens with one attached hydrogen (secondary N) is 5. The van der Waals surface area contributed by atoms with Crippen molar-refractivity contribution in [2.24, 2.45) is 28.0 Å².